The van der Waals surface area contributed by atoms with Crippen molar-refractivity contribution >= 4 is 36.9 Å². The molecule has 2 saturated carbocycles. The number of hydrogen-bond acceptors (Lipinski definition) is 11. The lowest BCUT2D eigenvalue weighted by atomic mass is 9.83. The molecule has 0 spiro atoms. The lowest BCUT2D eigenvalue weighted by Gasteiger charge is -2.42. The second-order valence-corrected chi connectivity index (χ2v) is 14.7. The maximum absolute atomic E-state index is 13.1. The van der Waals surface area contributed by atoms with Gasteiger partial charge < -0.3 is 42.3 Å². The van der Waals surface area contributed by atoms with Crippen LogP contribution in [-0.4, -0.2) is 95.0 Å². The second kappa shape index (κ2) is 14.8. The van der Waals surface area contributed by atoms with Crippen molar-refractivity contribution < 1.29 is 19.5 Å². The monoisotopic (exact) mass is 733 g/mol. The van der Waals surface area contributed by atoms with Gasteiger partial charge in [-0.1, -0.05) is 18.2 Å². The van der Waals surface area contributed by atoms with Crippen molar-refractivity contribution in [3.63, 3.8) is 0 Å². The number of amides is 3. The number of anilines is 2. The minimum atomic E-state index is -1.85. The number of piperidine rings is 1. The van der Waals surface area contributed by atoms with E-state index in [1.165, 1.54) is 6.08 Å². The Balaban J connectivity index is 1.10. The van der Waals surface area contributed by atoms with Crippen LogP contribution in [0.1, 0.15) is 73.4 Å². The van der Waals surface area contributed by atoms with Crippen LogP contribution in [0.5, 0.6) is 0 Å². The van der Waals surface area contributed by atoms with Gasteiger partial charge in [0.15, 0.2) is 0 Å². The van der Waals surface area contributed by atoms with Gasteiger partial charge in [-0.3, -0.25) is 24.0 Å². The van der Waals surface area contributed by atoms with Gasteiger partial charge in [0.05, 0.1) is 47.2 Å². The van der Waals surface area contributed by atoms with Crippen LogP contribution < -0.4 is 32.3 Å². The Morgan fingerprint density at radius 2 is 1.78 bits per heavy atom. The van der Waals surface area contributed by atoms with Gasteiger partial charge in [-0.2, -0.15) is 5.10 Å². The first-order valence-electron chi connectivity index (χ1n) is 18.6. The molecule has 4 heterocycles. The number of rotatable bonds is 12. The highest BCUT2D eigenvalue weighted by Crippen LogP contribution is 2.44. The third-order valence-corrected chi connectivity index (χ3v) is 10.7. The van der Waals surface area contributed by atoms with E-state index in [9.17, 15) is 19.5 Å². The minimum Gasteiger partial charge on any atom is -0.393 e. The molecule has 282 valence electrons. The minimum absolute atomic E-state index is 0.0353. The van der Waals surface area contributed by atoms with E-state index in [2.05, 4.69) is 30.5 Å². The van der Waals surface area contributed by atoms with Gasteiger partial charge in [0.1, 0.15) is 30.7 Å². The summed E-state index contributed by atoms with van der Waals surface area (Å²) in [4.78, 5) is 48.2. The molecule has 2 radical (unpaired) electrons. The number of nitrogens with zero attached hydrogens (tertiary/aromatic N) is 6. The molecule has 1 atom stereocenters. The number of aliphatic hydroxyl groups is 1. The number of carbonyl (C=O) groups excluding carboxylic acids is 3. The van der Waals surface area contributed by atoms with Crippen LogP contribution in [0, 0.1) is 5.92 Å². The van der Waals surface area contributed by atoms with E-state index >= 15 is 0 Å². The Bertz CT molecular complexity index is 2010. The standard InChI is InChI=1S/C38H48BN11O4/c1-4-47(2)37(53)28-9-6-10-31(45-28)38(39,54)49-17-15-24(16-18-49)50-30-21-48(3)34-25(26(30)20-42-50)7-5-8-27(34)44-29(33(41)36(52)43-23-13-14-23)19-32(40)46-35(51)22-11-12-22/h5-10,19-20,22-24,44,54H,4,11-18,21,40-41H2,1-3H3,(H,43,52)(H,46,51)/b32-19+,33-29+. The topological polar surface area (TPSA) is 200 Å². The van der Waals surface area contributed by atoms with Crippen molar-refractivity contribution in [2.24, 2.45) is 17.4 Å². The Morgan fingerprint density at radius 3 is 2.46 bits per heavy atom. The molecular formula is C38H48BN11O4. The first-order chi connectivity index (χ1) is 25.8. The second-order valence-electron chi connectivity index (χ2n) is 14.7. The van der Waals surface area contributed by atoms with Crippen LogP contribution in [0.25, 0.3) is 11.1 Å². The fourth-order valence-electron chi connectivity index (χ4n) is 7.09. The van der Waals surface area contributed by atoms with Crippen LogP contribution in [0.3, 0.4) is 0 Å². The van der Waals surface area contributed by atoms with Gasteiger partial charge >= 0.3 is 0 Å². The van der Waals surface area contributed by atoms with E-state index < -0.39 is 11.5 Å². The molecule has 2 aromatic heterocycles. The number of pyridine rings is 1. The smallest absolute Gasteiger partial charge is 0.272 e. The number of aromatic nitrogens is 3. The Labute approximate surface area is 316 Å². The largest absolute Gasteiger partial charge is 0.393 e. The average molecular weight is 734 g/mol. The molecule has 2 aliphatic carbocycles. The molecule has 3 fully saturated rings. The molecular weight excluding hydrogens is 685 g/mol. The number of carbonyl (C=O) groups is 3. The number of likely N-dealkylation sites (tertiary alicyclic amines) is 1. The zero-order valence-electron chi connectivity index (χ0n) is 31.0. The van der Waals surface area contributed by atoms with Gasteiger partial charge in [0.25, 0.3) is 11.8 Å². The highest BCUT2D eigenvalue weighted by atomic mass is 16.3. The summed E-state index contributed by atoms with van der Waals surface area (Å²) >= 11 is 0. The van der Waals surface area contributed by atoms with Gasteiger partial charge in [0.2, 0.25) is 5.91 Å². The molecule has 2 aliphatic heterocycles. The van der Waals surface area contributed by atoms with E-state index in [1.807, 2.05) is 38.4 Å². The Morgan fingerprint density at radius 1 is 1.06 bits per heavy atom. The number of fused-ring (bicyclic) bond motifs is 3. The van der Waals surface area contributed by atoms with E-state index in [0.717, 1.165) is 48.2 Å². The molecule has 3 amide bonds. The highest BCUT2D eigenvalue weighted by Gasteiger charge is 2.37. The van der Waals surface area contributed by atoms with E-state index in [4.69, 9.17) is 24.4 Å². The fraction of sp³-hybridized carbons (Fsp3) is 0.447. The van der Waals surface area contributed by atoms with E-state index in [-0.39, 0.29) is 58.4 Å². The maximum Gasteiger partial charge on any atom is 0.272 e. The van der Waals surface area contributed by atoms with Gasteiger partial charge in [-0.15, -0.1) is 0 Å². The normalized spacial score (nSPS) is 19.2. The third-order valence-electron chi connectivity index (χ3n) is 10.7. The van der Waals surface area contributed by atoms with Crippen molar-refractivity contribution in [1.29, 1.82) is 0 Å². The lowest BCUT2D eigenvalue weighted by molar-refractivity contribution is -0.121. The third kappa shape index (κ3) is 7.53. The number of benzene rings is 1. The average Bonchev–Trinajstić information content (AvgIpc) is 4.12. The summed E-state index contributed by atoms with van der Waals surface area (Å²) < 4.78 is 2.08. The van der Waals surface area contributed by atoms with Crippen molar-refractivity contribution in [2.75, 3.05) is 43.9 Å². The Hall–Kier alpha value is -5.35. The molecule has 3 aromatic rings. The molecule has 1 saturated heterocycles. The lowest BCUT2D eigenvalue weighted by Crippen LogP contribution is -2.51. The molecule has 1 unspecified atom stereocenters. The molecule has 4 aliphatic rings. The molecule has 15 nitrogen and oxygen atoms in total. The molecule has 8 N–H and O–H groups in total. The predicted octanol–water partition coefficient (Wildman–Crippen LogP) is 1.78. The Kier molecular flexibility index (Phi) is 10.2. The SMILES string of the molecule is [B]C(O)(c1cccc(C(=O)N(C)CC)n1)N1CCC(n2ncc3c2CN(C)c2c(NC(/C=C(\N)NC(=O)C4CC4)=C(/N)C(=O)NC4CC4)cccc2-3)CC1. The number of nitrogens with two attached hydrogens (primary N) is 2. The van der Waals surface area contributed by atoms with Crippen molar-refractivity contribution in [3.05, 3.63) is 83.0 Å². The molecule has 16 heteroatoms. The predicted molar refractivity (Wildman–Crippen MR) is 205 cm³/mol. The van der Waals surface area contributed by atoms with Crippen molar-refractivity contribution in [2.45, 2.75) is 69.7 Å². The molecule has 1 aromatic carbocycles. The molecule has 54 heavy (non-hydrogen) atoms. The van der Waals surface area contributed by atoms with Crippen LogP contribution in [0.15, 0.2) is 65.9 Å². The van der Waals surface area contributed by atoms with Gasteiger partial charge in [0, 0.05) is 62.9 Å². The highest BCUT2D eigenvalue weighted by molar-refractivity contribution is 6.14. The zero-order valence-corrected chi connectivity index (χ0v) is 31.0. The van der Waals surface area contributed by atoms with Crippen LogP contribution >= 0.6 is 0 Å². The summed E-state index contributed by atoms with van der Waals surface area (Å²) in [7, 11) is 10.2. The van der Waals surface area contributed by atoms with Crippen LogP contribution in [0.4, 0.5) is 11.4 Å². The van der Waals surface area contributed by atoms with E-state index in [1.54, 1.807) is 35.0 Å². The summed E-state index contributed by atoms with van der Waals surface area (Å²) in [6, 6.07) is 11.0. The fourth-order valence-corrected chi connectivity index (χ4v) is 7.09. The molecule has 0 bridgehead atoms. The van der Waals surface area contributed by atoms with Crippen LogP contribution in [0.2, 0.25) is 0 Å². The molecule has 7 rings (SSSR count). The summed E-state index contributed by atoms with van der Waals surface area (Å²) in [5.74, 6) is -0.736. The number of hydrogen-bond donors (Lipinski definition) is 6. The number of nitrogens with one attached hydrogen (secondary N) is 3. The first kappa shape index (κ1) is 37.0. The summed E-state index contributed by atoms with van der Waals surface area (Å²) in [6.45, 7) is 3.96. The van der Waals surface area contributed by atoms with Crippen molar-refractivity contribution in [3.8, 4) is 11.1 Å². The zero-order chi connectivity index (χ0) is 38.3. The number of para-hydroxylation sites is 1. The van der Waals surface area contributed by atoms with Gasteiger partial charge in [-0.25, -0.2) is 4.98 Å². The maximum atomic E-state index is 13.1. The quantitative estimate of drug-likeness (QED) is 0.0901. The van der Waals surface area contributed by atoms with E-state index in [0.29, 0.717) is 44.7 Å². The summed E-state index contributed by atoms with van der Waals surface area (Å²) in [6.07, 6.45) is 8.23. The number of allylic oxidation sites excluding steroid dienone is 1. The van der Waals surface area contributed by atoms with Crippen molar-refractivity contribution in [1.82, 2.24) is 35.2 Å². The first-order valence-corrected chi connectivity index (χ1v) is 18.6. The van der Waals surface area contributed by atoms with Crippen LogP contribution in [-0.2, 0) is 21.8 Å². The van der Waals surface area contributed by atoms with Gasteiger partial charge in [-0.05, 0) is 63.6 Å². The summed E-state index contributed by atoms with van der Waals surface area (Å²) in [5, 5.41) is 25.4. The summed E-state index contributed by atoms with van der Waals surface area (Å²) in [5.41, 5.74) is 16.1.